The predicted molar refractivity (Wildman–Crippen MR) is 140 cm³/mol. The SMILES string of the molecule is CC(C)COc1cc2c3c4c1cccc4c(=O)c1cc(OCC(C)C)c4cccc(c2=O)c4c1-3. The van der Waals surface area contributed by atoms with E-state index in [0.717, 1.165) is 32.7 Å². The second kappa shape index (κ2) is 7.42. The van der Waals surface area contributed by atoms with E-state index in [9.17, 15) is 9.59 Å². The van der Waals surface area contributed by atoms with E-state index in [1.807, 2.05) is 48.5 Å². The Morgan fingerprint density at radius 3 is 1.35 bits per heavy atom. The molecule has 0 N–H and O–H groups in total. The van der Waals surface area contributed by atoms with E-state index in [-0.39, 0.29) is 10.9 Å². The zero-order chi connectivity index (χ0) is 23.7. The normalized spacial score (nSPS) is 12.5. The summed E-state index contributed by atoms with van der Waals surface area (Å²) in [6, 6.07) is 15.2. The average molecular weight is 451 g/mol. The summed E-state index contributed by atoms with van der Waals surface area (Å²) < 4.78 is 12.3. The topological polar surface area (TPSA) is 52.6 Å². The van der Waals surface area contributed by atoms with E-state index in [1.165, 1.54) is 0 Å². The maximum Gasteiger partial charge on any atom is 0.194 e. The van der Waals surface area contributed by atoms with Crippen molar-refractivity contribution in [3.8, 4) is 22.6 Å². The molecular formula is C30H26O4. The first-order valence-corrected chi connectivity index (χ1v) is 11.9. The molecular weight excluding hydrogens is 424 g/mol. The summed E-state index contributed by atoms with van der Waals surface area (Å²) in [6.45, 7) is 9.43. The van der Waals surface area contributed by atoms with Gasteiger partial charge in [0.15, 0.2) is 10.9 Å². The quantitative estimate of drug-likeness (QED) is 0.214. The highest BCUT2D eigenvalue weighted by Gasteiger charge is 2.28. The van der Waals surface area contributed by atoms with Gasteiger partial charge in [0.2, 0.25) is 0 Å². The van der Waals surface area contributed by atoms with Crippen LogP contribution in [0.25, 0.3) is 54.2 Å². The fourth-order valence-electron chi connectivity index (χ4n) is 5.18. The summed E-state index contributed by atoms with van der Waals surface area (Å²) >= 11 is 0. The third-order valence-electron chi connectivity index (χ3n) is 6.62. The fourth-order valence-corrected chi connectivity index (χ4v) is 5.18. The van der Waals surface area contributed by atoms with Crippen molar-refractivity contribution in [2.45, 2.75) is 27.7 Å². The summed E-state index contributed by atoms with van der Waals surface area (Å²) in [5.41, 5.74) is 1.61. The number of hydrogen-bond donors (Lipinski definition) is 0. The molecule has 4 heteroatoms. The number of rotatable bonds is 6. The maximum absolute atomic E-state index is 13.8. The Morgan fingerprint density at radius 2 is 0.971 bits per heavy atom. The number of ether oxygens (including phenoxy) is 2. The molecule has 0 saturated carbocycles. The number of benzene rings is 6. The molecule has 4 nitrogen and oxygen atoms in total. The Labute approximate surface area is 197 Å². The van der Waals surface area contributed by atoms with Gasteiger partial charge >= 0.3 is 0 Å². The van der Waals surface area contributed by atoms with Crippen molar-refractivity contribution in [2.75, 3.05) is 13.2 Å². The van der Waals surface area contributed by atoms with Crippen LogP contribution in [0.5, 0.6) is 11.5 Å². The smallest absolute Gasteiger partial charge is 0.194 e. The highest BCUT2D eigenvalue weighted by Crippen LogP contribution is 2.49. The highest BCUT2D eigenvalue weighted by molar-refractivity contribution is 6.29. The fraction of sp³-hybridized carbons (Fsp3) is 0.267. The Morgan fingerprint density at radius 1 is 0.588 bits per heavy atom. The molecule has 2 aliphatic rings. The van der Waals surface area contributed by atoms with E-state index >= 15 is 0 Å². The molecule has 34 heavy (non-hydrogen) atoms. The van der Waals surface area contributed by atoms with E-state index in [2.05, 4.69) is 27.7 Å². The van der Waals surface area contributed by atoms with Crippen LogP contribution < -0.4 is 20.3 Å². The van der Waals surface area contributed by atoms with Crippen molar-refractivity contribution >= 4 is 43.1 Å². The van der Waals surface area contributed by atoms with Crippen molar-refractivity contribution in [3.05, 3.63) is 69.0 Å². The first kappa shape index (κ1) is 20.9. The molecule has 0 fully saturated rings. The molecule has 4 aromatic carbocycles. The van der Waals surface area contributed by atoms with E-state index in [0.29, 0.717) is 58.1 Å². The predicted octanol–water partition coefficient (Wildman–Crippen LogP) is 6.51. The van der Waals surface area contributed by atoms with Gasteiger partial charge < -0.3 is 9.47 Å². The zero-order valence-corrected chi connectivity index (χ0v) is 19.8. The van der Waals surface area contributed by atoms with Crippen LogP contribution in [0.15, 0.2) is 58.1 Å². The highest BCUT2D eigenvalue weighted by atomic mass is 16.5. The molecule has 170 valence electrons. The molecule has 0 aromatic heterocycles. The molecule has 0 atom stereocenters. The van der Waals surface area contributed by atoms with Crippen molar-refractivity contribution in [3.63, 3.8) is 0 Å². The third kappa shape index (κ3) is 2.84. The van der Waals surface area contributed by atoms with Gasteiger partial charge in [0.25, 0.3) is 0 Å². The van der Waals surface area contributed by atoms with Crippen LogP contribution in [-0.4, -0.2) is 13.2 Å². The minimum absolute atomic E-state index is 0.0412. The average Bonchev–Trinajstić information content (AvgIpc) is 2.82. The monoisotopic (exact) mass is 450 g/mol. The molecule has 0 amide bonds. The van der Waals surface area contributed by atoms with Gasteiger partial charge in [0.1, 0.15) is 11.5 Å². The van der Waals surface area contributed by atoms with Gasteiger partial charge in [-0.2, -0.15) is 0 Å². The second-order valence-corrected chi connectivity index (χ2v) is 10.1. The van der Waals surface area contributed by atoms with Gasteiger partial charge in [-0.3, -0.25) is 9.59 Å². The largest absolute Gasteiger partial charge is 0.493 e. The van der Waals surface area contributed by atoms with Crippen molar-refractivity contribution < 1.29 is 9.47 Å². The lowest BCUT2D eigenvalue weighted by molar-refractivity contribution is 0.274. The summed E-state index contributed by atoms with van der Waals surface area (Å²) in [5, 5.41) is 5.79. The van der Waals surface area contributed by atoms with Crippen LogP contribution >= 0.6 is 0 Å². The van der Waals surface area contributed by atoms with Gasteiger partial charge in [0, 0.05) is 54.2 Å². The number of hydrogen-bond acceptors (Lipinski definition) is 4. The first-order chi connectivity index (χ1) is 16.4. The minimum atomic E-state index is -0.0412. The van der Waals surface area contributed by atoms with Gasteiger partial charge in [0.05, 0.1) is 13.2 Å². The molecule has 6 rings (SSSR count). The molecule has 0 spiro atoms. The van der Waals surface area contributed by atoms with Crippen LogP contribution in [0.4, 0.5) is 0 Å². The minimum Gasteiger partial charge on any atom is -0.493 e. The van der Waals surface area contributed by atoms with Gasteiger partial charge in [-0.25, -0.2) is 0 Å². The molecule has 0 unspecified atom stereocenters. The van der Waals surface area contributed by atoms with Gasteiger partial charge in [-0.15, -0.1) is 0 Å². The van der Waals surface area contributed by atoms with E-state index in [4.69, 9.17) is 9.47 Å². The summed E-state index contributed by atoms with van der Waals surface area (Å²) in [4.78, 5) is 27.7. The Balaban J connectivity index is 1.83. The summed E-state index contributed by atoms with van der Waals surface area (Å²) in [5.74, 6) is 1.98. The maximum atomic E-state index is 13.8. The van der Waals surface area contributed by atoms with Crippen molar-refractivity contribution in [1.29, 1.82) is 0 Å². The lowest BCUT2D eigenvalue weighted by Crippen LogP contribution is -2.15. The molecule has 0 radical (unpaired) electrons. The zero-order valence-electron chi connectivity index (χ0n) is 19.8. The van der Waals surface area contributed by atoms with Gasteiger partial charge in [-0.05, 0) is 24.0 Å². The third-order valence-corrected chi connectivity index (χ3v) is 6.62. The lowest BCUT2D eigenvalue weighted by Gasteiger charge is -2.23. The standard InChI is InChI=1S/C30H26O4/c1-15(2)13-33-23-11-21-27-25-17(23)7-5-9-19(25)30(32)22-12-24(34-14-16(3)4)18-8-6-10-20(29(21)31)26(18)28(22)27/h5-12,15-16H,13-14H2,1-4H3. The van der Waals surface area contributed by atoms with Crippen LogP contribution in [0, 0.1) is 11.8 Å². The molecule has 4 aromatic rings. The molecule has 0 bridgehead atoms. The van der Waals surface area contributed by atoms with Crippen LogP contribution in [-0.2, 0) is 0 Å². The van der Waals surface area contributed by atoms with E-state index in [1.54, 1.807) is 0 Å². The van der Waals surface area contributed by atoms with Crippen LogP contribution in [0.3, 0.4) is 0 Å². The van der Waals surface area contributed by atoms with E-state index < -0.39 is 0 Å². The molecule has 0 aliphatic heterocycles. The Bertz CT molecular complexity index is 1620. The van der Waals surface area contributed by atoms with Crippen LogP contribution in [0.2, 0.25) is 0 Å². The summed E-state index contributed by atoms with van der Waals surface area (Å²) in [7, 11) is 0. The van der Waals surface area contributed by atoms with Crippen LogP contribution in [0.1, 0.15) is 27.7 Å². The molecule has 2 aliphatic carbocycles. The summed E-state index contributed by atoms with van der Waals surface area (Å²) in [6.07, 6.45) is 0. The van der Waals surface area contributed by atoms with Gasteiger partial charge in [-0.1, -0.05) is 64.1 Å². The lowest BCUT2D eigenvalue weighted by atomic mass is 9.81. The Kier molecular flexibility index (Phi) is 4.57. The Hall–Kier alpha value is -3.66. The molecule has 0 saturated heterocycles. The first-order valence-electron chi connectivity index (χ1n) is 11.9. The van der Waals surface area contributed by atoms with Crippen molar-refractivity contribution in [2.24, 2.45) is 11.8 Å². The van der Waals surface area contributed by atoms with Crippen molar-refractivity contribution in [1.82, 2.24) is 0 Å². The molecule has 0 heterocycles. The second-order valence-electron chi connectivity index (χ2n) is 10.1.